The van der Waals surface area contributed by atoms with Crippen LogP contribution in [-0.2, 0) is 19.5 Å². The summed E-state index contributed by atoms with van der Waals surface area (Å²) < 4.78 is 2.46. The van der Waals surface area contributed by atoms with E-state index < -0.39 is 0 Å². The number of fused-ring (bicyclic) bond motifs is 1. The highest BCUT2D eigenvalue weighted by atomic mass is 32.1. The number of nitrogens with zero attached hydrogens (tertiary/aromatic N) is 1. The Labute approximate surface area is 130 Å². The van der Waals surface area contributed by atoms with Crippen molar-refractivity contribution in [3.05, 3.63) is 58.4 Å². The molecule has 3 aromatic rings. The summed E-state index contributed by atoms with van der Waals surface area (Å²) in [4.78, 5) is 0. The number of para-hydroxylation sites is 1. The summed E-state index contributed by atoms with van der Waals surface area (Å²) in [5.74, 6) is 0. The summed E-state index contributed by atoms with van der Waals surface area (Å²) in [6.45, 7) is 6.35. The first-order chi connectivity index (χ1) is 10.2. The van der Waals surface area contributed by atoms with Gasteiger partial charge in [0.15, 0.2) is 0 Å². The fourth-order valence-corrected chi connectivity index (χ4v) is 3.37. The normalized spacial score (nSPS) is 11.6. The Morgan fingerprint density at radius 3 is 2.81 bits per heavy atom. The van der Waals surface area contributed by atoms with Crippen molar-refractivity contribution in [2.75, 3.05) is 0 Å². The van der Waals surface area contributed by atoms with E-state index in [1.807, 2.05) is 0 Å². The fraction of sp³-hybridized carbons (Fsp3) is 0.333. The summed E-state index contributed by atoms with van der Waals surface area (Å²) in [5, 5.41) is 9.28. The number of aryl methyl sites for hydroxylation is 2. The van der Waals surface area contributed by atoms with Crippen molar-refractivity contribution in [1.29, 1.82) is 0 Å². The minimum atomic E-state index is 0.508. The number of hydrogen-bond acceptors (Lipinski definition) is 2. The maximum absolute atomic E-state index is 3.54. The van der Waals surface area contributed by atoms with Gasteiger partial charge in [-0.05, 0) is 46.3 Å². The Bertz CT molecular complexity index is 695. The topological polar surface area (TPSA) is 17.0 Å². The van der Waals surface area contributed by atoms with E-state index in [9.17, 15) is 0 Å². The van der Waals surface area contributed by atoms with Crippen LogP contribution in [0, 0.1) is 0 Å². The number of thiophene rings is 1. The molecule has 0 saturated heterocycles. The SMILES string of the molecule is CC(C)NCc1cc2ccccc2n1CCc1ccsc1. The van der Waals surface area contributed by atoms with Crippen LogP contribution >= 0.6 is 11.3 Å². The smallest absolute Gasteiger partial charge is 0.0483 e. The molecule has 3 heteroatoms. The number of benzene rings is 1. The predicted molar refractivity (Wildman–Crippen MR) is 91.9 cm³/mol. The minimum Gasteiger partial charge on any atom is -0.343 e. The molecule has 110 valence electrons. The zero-order valence-electron chi connectivity index (χ0n) is 12.7. The van der Waals surface area contributed by atoms with E-state index in [0.717, 1.165) is 19.5 Å². The molecule has 0 spiro atoms. The molecule has 2 aromatic heterocycles. The van der Waals surface area contributed by atoms with Crippen LogP contribution in [0.15, 0.2) is 47.2 Å². The summed E-state index contributed by atoms with van der Waals surface area (Å²) in [7, 11) is 0. The van der Waals surface area contributed by atoms with Gasteiger partial charge in [-0.2, -0.15) is 11.3 Å². The van der Waals surface area contributed by atoms with Crippen molar-refractivity contribution in [1.82, 2.24) is 9.88 Å². The third-order valence-electron chi connectivity index (χ3n) is 3.79. The lowest BCUT2D eigenvalue weighted by molar-refractivity contribution is 0.559. The van der Waals surface area contributed by atoms with Gasteiger partial charge in [0.05, 0.1) is 0 Å². The van der Waals surface area contributed by atoms with Crippen LogP contribution in [-0.4, -0.2) is 10.6 Å². The molecular weight excluding hydrogens is 276 g/mol. The second-order valence-electron chi connectivity index (χ2n) is 5.76. The standard InChI is InChI=1S/C18H22N2S/c1-14(2)19-12-17-11-16-5-3-4-6-18(16)20(17)9-7-15-8-10-21-13-15/h3-6,8,10-11,13-14,19H,7,9,12H2,1-2H3. The molecule has 0 saturated carbocycles. The lowest BCUT2D eigenvalue weighted by atomic mass is 10.2. The molecule has 0 radical (unpaired) electrons. The third-order valence-corrected chi connectivity index (χ3v) is 4.52. The highest BCUT2D eigenvalue weighted by Gasteiger charge is 2.09. The average Bonchev–Trinajstić information content (AvgIpc) is 3.10. The fourth-order valence-electron chi connectivity index (χ4n) is 2.66. The highest BCUT2D eigenvalue weighted by molar-refractivity contribution is 7.07. The van der Waals surface area contributed by atoms with Crippen LogP contribution in [0.5, 0.6) is 0 Å². The van der Waals surface area contributed by atoms with Crippen molar-refractivity contribution in [3.8, 4) is 0 Å². The lowest BCUT2D eigenvalue weighted by Gasteiger charge is -2.13. The average molecular weight is 298 g/mol. The Morgan fingerprint density at radius 2 is 2.05 bits per heavy atom. The van der Waals surface area contributed by atoms with Crippen LogP contribution in [0.2, 0.25) is 0 Å². The molecule has 21 heavy (non-hydrogen) atoms. The maximum atomic E-state index is 3.54. The quantitative estimate of drug-likeness (QED) is 0.711. The first-order valence-electron chi connectivity index (χ1n) is 7.55. The van der Waals surface area contributed by atoms with Gasteiger partial charge in [0.2, 0.25) is 0 Å². The van der Waals surface area contributed by atoms with E-state index in [0.29, 0.717) is 6.04 Å². The molecule has 0 atom stereocenters. The number of aromatic nitrogens is 1. The van der Waals surface area contributed by atoms with E-state index in [4.69, 9.17) is 0 Å². The number of nitrogens with one attached hydrogen (secondary N) is 1. The second kappa shape index (κ2) is 6.46. The van der Waals surface area contributed by atoms with Gasteiger partial charge in [0, 0.05) is 30.3 Å². The zero-order chi connectivity index (χ0) is 14.7. The van der Waals surface area contributed by atoms with E-state index in [1.54, 1.807) is 11.3 Å². The van der Waals surface area contributed by atoms with E-state index in [2.05, 4.69) is 70.9 Å². The van der Waals surface area contributed by atoms with Gasteiger partial charge >= 0.3 is 0 Å². The van der Waals surface area contributed by atoms with Gasteiger partial charge in [0.25, 0.3) is 0 Å². The lowest BCUT2D eigenvalue weighted by Crippen LogP contribution is -2.23. The Balaban J connectivity index is 1.87. The van der Waals surface area contributed by atoms with Crippen LogP contribution in [0.25, 0.3) is 10.9 Å². The first-order valence-corrected chi connectivity index (χ1v) is 8.50. The summed E-state index contributed by atoms with van der Waals surface area (Å²) in [6.07, 6.45) is 1.09. The van der Waals surface area contributed by atoms with E-state index in [-0.39, 0.29) is 0 Å². The number of rotatable bonds is 6. The Hall–Kier alpha value is -1.58. The van der Waals surface area contributed by atoms with E-state index >= 15 is 0 Å². The monoisotopic (exact) mass is 298 g/mol. The molecule has 0 fully saturated rings. The maximum Gasteiger partial charge on any atom is 0.0483 e. The highest BCUT2D eigenvalue weighted by Crippen LogP contribution is 2.21. The molecule has 2 heterocycles. The molecule has 0 aliphatic heterocycles. The van der Waals surface area contributed by atoms with Gasteiger partial charge in [-0.3, -0.25) is 0 Å². The molecule has 2 nitrogen and oxygen atoms in total. The summed E-state index contributed by atoms with van der Waals surface area (Å²) in [5.41, 5.74) is 4.15. The van der Waals surface area contributed by atoms with Crippen molar-refractivity contribution in [2.24, 2.45) is 0 Å². The van der Waals surface area contributed by atoms with Gasteiger partial charge in [-0.15, -0.1) is 0 Å². The summed E-state index contributed by atoms with van der Waals surface area (Å²) in [6, 6.07) is 13.7. The third kappa shape index (κ3) is 3.36. The van der Waals surface area contributed by atoms with Crippen LogP contribution in [0.4, 0.5) is 0 Å². The molecule has 1 aromatic carbocycles. The molecule has 3 rings (SSSR count). The molecule has 0 unspecified atom stereocenters. The second-order valence-corrected chi connectivity index (χ2v) is 6.54. The van der Waals surface area contributed by atoms with Gasteiger partial charge in [0.1, 0.15) is 0 Å². The van der Waals surface area contributed by atoms with Gasteiger partial charge < -0.3 is 9.88 Å². The Kier molecular flexibility index (Phi) is 4.42. The molecule has 0 aliphatic carbocycles. The first kappa shape index (κ1) is 14.4. The van der Waals surface area contributed by atoms with E-state index in [1.165, 1.54) is 22.2 Å². The van der Waals surface area contributed by atoms with Crippen LogP contribution in [0.1, 0.15) is 25.1 Å². The Morgan fingerprint density at radius 1 is 1.19 bits per heavy atom. The molecule has 0 aliphatic rings. The van der Waals surface area contributed by atoms with Gasteiger partial charge in [-0.1, -0.05) is 32.0 Å². The van der Waals surface area contributed by atoms with Crippen LogP contribution in [0.3, 0.4) is 0 Å². The van der Waals surface area contributed by atoms with Crippen molar-refractivity contribution in [2.45, 2.75) is 39.4 Å². The molecular formula is C18H22N2S. The largest absolute Gasteiger partial charge is 0.343 e. The molecule has 0 amide bonds. The minimum absolute atomic E-state index is 0.508. The predicted octanol–water partition coefficient (Wildman–Crippen LogP) is 4.44. The van der Waals surface area contributed by atoms with Crippen molar-refractivity contribution < 1.29 is 0 Å². The summed E-state index contributed by atoms with van der Waals surface area (Å²) >= 11 is 1.78. The van der Waals surface area contributed by atoms with Gasteiger partial charge in [-0.25, -0.2) is 0 Å². The molecule has 1 N–H and O–H groups in total. The van der Waals surface area contributed by atoms with Crippen molar-refractivity contribution >= 4 is 22.2 Å². The van der Waals surface area contributed by atoms with Crippen LogP contribution < -0.4 is 5.32 Å². The zero-order valence-corrected chi connectivity index (χ0v) is 13.5. The van der Waals surface area contributed by atoms with Crippen molar-refractivity contribution in [3.63, 3.8) is 0 Å². The molecule has 0 bridgehead atoms. The number of hydrogen-bond donors (Lipinski definition) is 1.